The summed E-state index contributed by atoms with van der Waals surface area (Å²) in [6.45, 7) is 1.15. The van der Waals surface area contributed by atoms with Gasteiger partial charge >= 0.3 is 0 Å². The molecule has 0 radical (unpaired) electrons. The van der Waals surface area contributed by atoms with Crippen molar-refractivity contribution in [2.75, 3.05) is 6.54 Å². The zero-order valence-corrected chi connectivity index (χ0v) is 10.3. The minimum Gasteiger partial charge on any atom is -0.324 e. The number of halogens is 1. The third-order valence-corrected chi connectivity index (χ3v) is 3.73. The lowest BCUT2D eigenvalue weighted by Gasteiger charge is -2.18. The maximum atomic E-state index is 6.21. The van der Waals surface area contributed by atoms with Crippen LogP contribution in [0.3, 0.4) is 0 Å². The van der Waals surface area contributed by atoms with Crippen LogP contribution in [0.2, 0.25) is 0 Å². The van der Waals surface area contributed by atoms with E-state index in [1.807, 2.05) is 12.1 Å². The lowest BCUT2D eigenvalue weighted by Crippen LogP contribution is -2.26. The van der Waals surface area contributed by atoms with E-state index in [9.17, 15) is 0 Å². The molecule has 1 aliphatic rings. The first-order valence-corrected chi connectivity index (χ1v) is 6.30. The lowest BCUT2D eigenvalue weighted by atomic mass is 9.99. The van der Waals surface area contributed by atoms with E-state index in [1.54, 1.807) is 0 Å². The highest BCUT2D eigenvalue weighted by Crippen LogP contribution is 2.26. The fraction of sp³-hybridized carbons (Fsp3) is 0.500. The molecule has 3 N–H and O–H groups in total. The van der Waals surface area contributed by atoms with Crippen LogP contribution in [0.15, 0.2) is 28.7 Å². The van der Waals surface area contributed by atoms with Gasteiger partial charge in [-0.05, 0) is 37.4 Å². The Kier molecular flexibility index (Phi) is 3.78. The Bertz CT molecular complexity index is 321. The first-order valence-electron chi connectivity index (χ1n) is 5.51. The third-order valence-electron chi connectivity index (χ3n) is 3.01. The predicted octanol–water partition coefficient (Wildman–Crippen LogP) is 2.59. The van der Waals surface area contributed by atoms with Gasteiger partial charge in [-0.1, -0.05) is 34.1 Å². The van der Waals surface area contributed by atoms with Crippen molar-refractivity contribution >= 4 is 15.9 Å². The number of rotatable bonds is 3. The number of benzene rings is 1. The molecular weight excluding hydrogens is 252 g/mol. The molecule has 0 bridgehead atoms. The molecule has 1 aromatic carbocycles. The van der Waals surface area contributed by atoms with Crippen molar-refractivity contribution in [3.63, 3.8) is 0 Å². The zero-order chi connectivity index (χ0) is 10.7. The molecule has 3 heteroatoms. The number of nitrogens with one attached hydrogen (secondary N) is 1. The number of hydrogen-bond acceptors (Lipinski definition) is 2. The molecule has 0 spiro atoms. The maximum absolute atomic E-state index is 6.21. The molecule has 2 atom stereocenters. The van der Waals surface area contributed by atoms with Crippen LogP contribution in [-0.4, -0.2) is 12.6 Å². The van der Waals surface area contributed by atoms with Crippen molar-refractivity contribution < 1.29 is 0 Å². The number of hydrogen-bond donors (Lipinski definition) is 2. The van der Waals surface area contributed by atoms with Crippen LogP contribution in [0.25, 0.3) is 0 Å². The highest BCUT2D eigenvalue weighted by atomic mass is 79.9. The second-order valence-electron chi connectivity index (χ2n) is 4.16. The van der Waals surface area contributed by atoms with E-state index in [0.717, 1.165) is 17.4 Å². The van der Waals surface area contributed by atoms with Crippen molar-refractivity contribution in [2.45, 2.75) is 31.3 Å². The summed E-state index contributed by atoms with van der Waals surface area (Å²) in [4.78, 5) is 0. The van der Waals surface area contributed by atoms with Crippen molar-refractivity contribution in [1.82, 2.24) is 5.32 Å². The van der Waals surface area contributed by atoms with E-state index >= 15 is 0 Å². The summed E-state index contributed by atoms with van der Waals surface area (Å²) in [6, 6.07) is 8.96. The van der Waals surface area contributed by atoms with Crippen molar-refractivity contribution in [2.24, 2.45) is 5.73 Å². The zero-order valence-electron chi connectivity index (χ0n) is 8.75. The Morgan fingerprint density at radius 2 is 2.27 bits per heavy atom. The lowest BCUT2D eigenvalue weighted by molar-refractivity contribution is 0.498. The van der Waals surface area contributed by atoms with Gasteiger partial charge in [0.2, 0.25) is 0 Å². The molecule has 1 aromatic rings. The Morgan fingerprint density at radius 3 is 2.93 bits per heavy atom. The van der Waals surface area contributed by atoms with Crippen LogP contribution in [-0.2, 0) is 0 Å². The molecule has 2 nitrogen and oxygen atoms in total. The molecule has 1 heterocycles. The van der Waals surface area contributed by atoms with Gasteiger partial charge in [-0.25, -0.2) is 0 Å². The molecule has 2 rings (SSSR count). The highest BCUT2D eigenvalue weighted by Gasteiger charge is 2.19. The topological polar surface area (TPSA) is 38.0 Å². The highest BCUT2D eigenvalue weighted by molar-refractivity contribution is 9.10. The average molecular weight is 269 g/mol. The van der Waals surface area contributed by atoms with Crippen molar-refractivity contribution in [3.05, 3.63) is 34.3 Å². The molecule has 1 fully saturated rings. The quantitative estimate of drug-likeness (QED) is 0.885. The van der Waals surface area contributed by atoms with Gasteiger partial charge in [0.25, 0.3) is 0 Å². The Balaban J connectivity index is 2.00. The fourth-order valence-electron chi connectivity index (χ4n) is 2.17. The van der Waals surface area contributed by atoms with Crippen LogP contribution < -0.4 is 11.1 Å². The minimum atomic E-state index is 0.135. The van der Waals surface area contributed by atoms with Gasteiger partial charge in [0, 0.05) is 16.6 Å². The molecule has 0 aromatic heterocycles. The average Bonchev–Trinajstić information content (AvgIpc) is 2.71. The van der Waals surface area contributed by atoms with Gasteiger partial charge in [0.1, 0.15) is 0 Å². The summed E-state index contributed by atoms with van der Waals surface area (Å²) in [5, 5.41) is 3.48. The molecule has 1 aliphatic heterocycles. The van der Waals surface area contributed by atoms with E-state index in [4.69, 9.17) is 5.73 Å². The van der Waals surface area contributed by atoms with Crippen LogP contribution in [0.5, 0.6) is 0 Å². The Morgan fingerprint density at radius 1 is 1.47 bits per heavy atom. The third kappa shape index (κ3) is 2.80. The van der Waals surface area contributed by atoms with E-state index < -0.39 is 0 Å². The first-order chi connectivity index (χ1) is 7.27. The normalized spacial score (nSPS) is 22.9. The summed E-state index contributed by atoms with van der Waals surface area (Å²) < 4.78 is 1.12. The Labute approximate surface area is 99.4 Å². The van der Waals surface area contributed by atoms with Gasteiger partial charge in [-0.3, -0.25) is 0 Å². The van der Waals surface area contributed by atoms with Gasteiger partial charge < -0.3 is 11.1 Å². The molecule has 0 saturated carbocycles. The van der Waals surface area contributed by atoms with Gasteiger partial charge in [-0.15, -0.1) is 0 Å². The first kappa shape index (κ1) is 11.1. The van der Waals surface area contributed by atoms with Gasteiger partial charge in [0.15, 0.2) is 0 Å². The second kappa shape index (κ2) is 5.10. The fourth-order valence-corrected chi connectivity index (χ4v) is 2.75. The smallest absolute Gasteiger partial charge is 0.0321 e. The molecule has 15 heavy (non-hydrogen) atoms. The summed E-state index contributed by atoms with van der Waals surface area (Å²) >= 11 is 3.55. The molecule has 2 unspecified atom stereocenters. The van der Waals surface area contributed by atoms with Gasteiger partial charge in [0.05, 0.1) is 0 Å². The summed E-state index contributed by atoms with van der Waals surface area (Å²) in [5.41, 5.74) is 7.42. The molecule has 0 aliphatic carbocycles. The van der Waals surface area contributed by atoms with Crippen LogP contribution >= 0.6 is 15.9 Å². The maximum Gasteiger partial charge on any atom is 0.0321 e. The Hall–Kier alpha value is -0.380. The molecule has 82 valence electrons. The summed E-state index contributed by atoms with van der Waals surface area (Å²) in [7, 11) is 0. The van der Waals surface area contributed by atoms with Crippen LogP contribution in [0.4, 0.5) is 0 Å². The SMILES string of the molecule is NC(CC1CCCN1)c1ccccc1Br. The van der Waals surface area contributed by atoms with Crippen molar-refractivity contribution in [1.29, 1.82) is 0 Å². The monoisotopic (exact) mass is 268 g/mol. The summed E-state index contributed by atoms with van der Waals surface area (Å²) in [5.74, 6) is 0. The summed E-state index contributed by atoms with van der Waals surface area (Å²) in [6.07, 6.45) is 3.58. The van der Waals surface area contributed by atoms with Gasteiger partial charge in [-0.2, -0.15) is 0 Å². The van der Waals surface area contributed by atoms with E-state index in [1.165, 1.54) is 18.4 Å². The van der Waals surface area contributed by atoms with E-state index in [-0.39, 0.29) is 6.04 Å². The molecular formula is C12H17BrN2. The van der Waals surface area contributed by atoms with Crippen molar-refractivity contribution in [3.8, 4) is 0 Å². The van der Waals surface area contributed by atoms with Crippen LogP contribution in [0.1, 0.15) is 30.9 Å². The molecule has 1 saturated heterocycles. The van der Waals surface area contributed by atoms with E-state index in [0.29, 0.717) is 6.04 Å². The standard InChI is InChI=1S/C12H17BrN2/c13-11-6-2-1-5-10(11)12(14)8-9-4-3-7-15-9/h1-2,5-6,9,12,15H,3-4,7-8,14H2. The molecule has 0 amide bonds. The predicted molar refractivity (Wildman–Crippen MR) is 66.7 cm³/mol. The van der Waals surface area contributed by atoms with E-state index in [2.05, 4.69) is 33.4 Å². The largest absolute Gasteiger partial charge is 0.324 e. The number of nitrogens with two attached hydrogens (primary N) is 1. The van der Waals surface area contributed by atoms with Crippen LogP contribution in [0, 0.1) is 0 Å². The minimum absolute atomic E-state index is 0.135. The second-order valence-corrected chi connectivity index (χ2v) is 5.01.